The van der Waals surface area contributed by atoms with Crippen LogP contribution in [-0.4, -0.2) is 10.5 Å². The fourth-order valence-electron chi connectivity index (χ4n) is 3.90. The third kappa shape index (κ3) is 4.54. The Labute approximate surface area is 216 Å². The van der Waals surface area contributed by atoms with Crippen molar-refractivity contribution in [2.24, 2.45) is 12.0 Å². The Morgan fingerprint density at radius 2 is 1.24 bits per heavy atom. The molecule has 0 fully saturated rings. The van der Waals surface area contributed by atoms with Crippen LogP contribution < -0.4 is 4.80 Å². The fourth-order valence-corrected chi connectivity index (χ4v) is 5.66. The lowest BCUT2D eigenvalue weighted by Gasteiger charge is -2.09. The summed E-state index contributed by atoms with van der Waals surface area (Å²) in [5.41, 5.74) is 6.21. The average molecular weight is 572 g/mol. The van der Waals surface area contributed by atoms with Crippen LogP contribution in [0.15, 0.2) is 114 Å². The largest absolute Gasteiger partial charge is 0.319 e. The molecule has 0 bridgehead atoms. The van der Waals surface area contributed by atoms with E-state index in [0.29, 0.717) is 10.4 Å². The Kier molecular flexibility index (Phi) is 6.56. The van der Waals surface area contributed by atoms with E-state index in [4.69, 9.17) is 0 Å². The number of amides is 1. The van der Waals surface area contributed by atoms with E-state index in [1.165, 1.54) is 22.5 Å². The summed E-state index contributed by atoms with van der Waals surface area (Å²) in [6, 6.07) is 36.7. The van der Waals surface area contributed by atoms with Gasteiger partial charge in [-0.1, -0.05) is 108 Å². The van der Waals surface area contributed by atoms with Crippen molar-refractivity contribution in [1.82, 2.24) is 4.57 Å². The molecule has 1 aromatic heterocycles. The normalized spacial score (nSPS) is 11.5. The minimum atomic E-state index is -0.229. The van der Waals surface area contributed by atoms with Crippen LogP contribution in [0, 0.1) is 3.57 Å². The molecule has 0 unspecified atom stereocenters. The number of benzene rings is 4. The molecule has 4 aromatic carbocycles. The molecule has 0 N–H and O–H groups in total. The van der Waals surface area contributed by atoms with Crippen molar-refractivity contribution >= 4 is 39.8 Å². The highest BCUT2D eigenvalue weighted by atomic mass is 127. The van der Waals surface area contributed by atoms with Gasteiger partial charge in [-0.25, -0.2) is 0 Å². The summed E-state index contributed by atoms with van der Waals surface area (Å²) >= 11 is 3.72. The molecule has 3 nitrogen and oxygen atoms in total. The van der Waals surface area contributed by atoms with E-state index in [0.717, 1.165) is 25.3 Å². The number of carbonyl (C=O) groups excluding carboxylic acids is 1. The van der Waals surface area contributed by atoms with E-state index in [2.05, 4.69) is 76.1 Å². The van der Waals surface area contributed by atoms with Gasteiger partial charge in [0.05, 0.1) is 16.1 Å². The summed E-state index contributed by atoms with van der Waals surface area (Å²) in [5, 5.41) is 0. The van der Waals surface area contributed by atoms with Gasteiger partial charge in [0.2, 0.25) is 0 Å². The quantitative estimate of drug-likeness (QED) is 0.206. The van der Waals surface area contributed by atoms with E-state index in [9.17, 15) is 4.79 Å². The maximum atomic E-state index is 13.0. The molecule has 0 aliphatic carbocycles. The zero-order valence-corrected chi connectivity index (χ0v) is 21.5. The van der Waals surface area contributed by atoms with E-state index < -0.39 is 0 Å². The zero-order chi connectivity index (χ0) is 23.5. The molecule has 0 spiro atoms. The number of rotatable bonds is 4. The van der Waals surface area contributed by atoms with Gasteiger partial charge in [-0.3, -0.25) is 4.79 Å². The molecular formula is C29H21IN2OS. The second-order valence-corrected chi connectivity index (χ2v) is 9.97. The predicted molar refractivity (Wildman–Crippen MR) is 149 cm³/mol. The van der Waals surface area contributed by atoms with Crippen molar-refractivity contribution in [2.45, 2.75) is 0 Å². The van der Waals surface area contributed by atoms with E-state index in [1.54, 1.807) is 0 Å². The van der Waals surface area contributed by atoms with Crippen LogP contribution in [0.1, 0.15) is 10.4 Å². The van der Waals surface area contributed by atoms with Crippen molar-refractivity contribution in [2.75, 3.05) is 0 Å². The molecule has 0 aliphatic heterocycles. The van der Waals surface area contributed by atoms with Crippen LogP contribution >= 0.6 is 33.9 Å². The first-order chi connectivity index (χ1) is 16.6. The molecule has 0 saturated carbocycles. The van der Waals surface area contributed by atoms with Crippen LogP contribution in [0.2, 0.25) is 0 Å². The molecule has 5 aromatic rings. The summed E-state index contributed by atoms with van der Waals surface area (Å²) in [5.74, 6) is -0.229. The van der Waals surface area contributed by atoms with E-state index in [1.807, 2.05) is 72.3 Å². The van der Waals surface area contributed by atoms with E-state index >= 15 is 0 Å². The molecule has 5 rings (SSSR count). The predicted octanol–water partition coefficient (Wildman–Crippen LogP) is 7.43. The van der Waals surface area contributed by atoms with Crippen LogP contribution in [-0.2, 0) is 7.05 Å². The topological polar surface area (TPSA) is 34.4 Å². The number of aromatic nitrogens is 1. The summed E-state index contributed by atoms with van der Waals surface area (Å²) < 4.78 is 2.92. The molecule has 0 radical (unpaired) electrons. The lowest BCUT2D eigenvalue weighted by Crippen LogP contribution is -2.14. The van der Waals surface area contributed by atoms with Gasteiger partial charge in [-0.15, -0.1) is 0 Å². The van der Waals surface area contributed by atoms with Gasteiger partial charge in [-0.05, 0) is 57.0 Å². The standard InChI is InChI=1S/C29H21IN2OS/c1-32-26(22-18-16-21(17-19-22)20-10-4-2-5-11-20)27(23-12-6-3-7-13-23)34-29(32)31-28(33)24-14-8-9-15-25(24)30/h2-19H,1H3. The molecule has 0 aliphatic rings. The molecule has 5 heteroatoms. The number of hydrogen-bond donors (Lipinski definition) is 0. The van der Waals surface area contributed by atoms with E-state index in [-0.39, 0.29) is 5.91 Å². The Bertz CT molecular complexity index is 1520. The van der Waals surface area contributed by atoms with Crippen molar-refractivity contribution in [3.05, 3.63) is 123 Å². The van der Waals surface area contributed by atoms with Gasteiger partial charge in [0.25, 0.3) is 5.91 Å². The first kappa shape index (κ1) is 22.5. The highest BCUT2D eigenvalue weighted by Gasteiger charge is 2.17. The number of carbonyl (C=O) groups is 1. The Hall–Kier alpha value is -3.29. The molecule has 34 heavy (non-hydrogen) atoms. The van der Waals surface area contributed by atoms with Crippen molar-refractivity contribution < 1.29 is 4.79 Å². The Morgan fingerprint density at radius 3 is 1.88 bits per heavy atom. The third-order valence-corrected chi connectivity index (χ3v) is 7.76. The SMILES string of the molecule is Cn1c(-c2ccc(-c3ccccc3)cc2)c(-c2ccccc2)sc1=NC(=O)c1ccccc1I. The fraction of sp³-hybridized carbons (Fsp3) is 0.0345. The van der Waals surface area contributed by atoms with Crippen LogP contribution in [0.25, 0.3) is 32.8 Å². The first-order valence-corrected chi connectivity index (χ1v) is 12.8. The minimum absolute atomic E-state index is 0.229. The second kappa shape index (κ2) is 9.91. The highest BCUT2D eigenvalue weighted by molar-refractivity contribution is 14.1. The molecule has 166 valence electrons. The molecule has 1 amide bonds. The van der Waals surface area contributed by atoms with Gasteiger partial charge >= 0.3 is 0 Å². The minimum Gasteiger partial charge on any atom is -0.319 e. The summed E-state index contributed by atoms with van der Waals surface area (Å²) in [4.78, 5) is 19.3. The van der Waals surface area contributed by atoms with Crippen LogP contribution in [0.5, 0.6) is 0 Å². The molecule has 0 atom stereocenters. The lowest BCUT2D eigenvalue weighted by atomic mass is 10.0. The maximum absolute atomic E-state index is 13.0. The smallest absolute Gasteiger partial charge is 0.280 e. The second-order valence-electron chi connectivity index (χ2n) is 7.83. The van der Waals surface area contributed by atoms with Crippen molar-refractivity contribution in [1.29, 1.82) is 0 Å². The van der Waals surface area contributed by atoms with Gasteiger partial charge in [0.1, 0.15) is 0 Å². The van der Waals surface area contributed by atoms with Gasteiger partial charge in [-0.2, -0.15) is 4.99 Å². The Morgan fingerprint density at radius 1 is 0.706 bits per heavy atom. The first-order valence-electron chi connectivity index (χ1n) is 10.9. The molecular weight excluding hydrogens is 551 g/mol. The van der Waals surface area contributed by atoms with Gasteiger partial charge in [0, 0.05) is 10.6 Å². The summed E-state index contributed by atoms with van der Waals surface area (Å²) in [6.45, 7) is 0. The maximum Gasteiger partial charge on any atom is 0.280 e. The summed E-state index contributed by atoms with van der Waals surface area (Å²) in [7, 11) is 1.98. The number of thiazole rings is 1. The summed E-state index contributed by atoms with van der Waals surface area (Å²) in [6.07, 6.45) is 0. The van der Waals surface area contributed by atoms with Crippen LogP contribution in [0.4, 0.5) is 0 Å². The number of nitrogens with zero attached hydrogens (tertiary/aromatic N) is 2. The van der Waals surface area contributed by atoms with Gasteiger partial charge in [0.15, 0.2) is 4.80 Å². The third-order valence-electron chi connectivity index (χ3n) is 5.63. The lowest BCUT2D eigenvalue weighted by molar-refractivity contribution is 0.0997. The Balaban J connectivity index is 1.64. The average Bonchev–Trinajstić information content (AvgIpc) is 3.21. The highest BCUT2D eigenvalue weighted by Crippen LogP contribution is 2.35. The van der Waals surface area contributed by atoms with Crippen molar-refractivity contribution in [3.8, 4) is 32.8 Å². The molecule has 0 saturated heterocycles. The number of hydrogen-bond acceptors (Lipinski definition) is 2. The monoisotopic (exact) mass is 572 g/mol. The van der Waals surface area contributed by atoms with Crippen LogP contribution in [0.3, 0.4) is 0 Å². The van der Waals surface area contributed by atoms with Gasteiger partial charge < -0.3 is 4.57 Å². The number of halogens is 1. The zero-order valence-electron chi connectivity index (χ0n) is 18.5. The molecule has 1 heterocycles. The van der Waals surface area contributed by atoms with Crippen molar-refractivity contribution in [3.63, 3.8) is 0 Å².